The van der Waals surface area contributed by atoms with Crippen molar-refractivity contribution in [3.8, 4) is 0 Å². The van der Waals surface area contributed by atoms with Gasteiger partial charge < -0.3 is 5.73 Å². The maximum atomic E-state index is 5.41. The van der Waals surface area contributed by atoms with Crippen LogP contribution in [-0.2, 0) is 13.1 Å². The fourth-order valence-corrected chi connectivity index (χ4v) is 1.59. The number of thiazole rings is 1. The van der Waals surface area contributed by atoms with Crippen molar-refractivity contribution in [3.05, 3.63) is 28.5 Å². The molecular weight excluding hydrogens is 186 g/mol. The van der Waals surface area contributed by atoms with Crippen molar-refractivity contribution in [3.63, 3.8) is 0 Å². The summed E-state index contributed by atoms with van der Waals surface area (Å²) in [6.07, 6.45) is 3.61. The Morgan fingerprint density at radius 2 is 2.46 bits per heavy atom. The van der Waals surface area contributed by atoms with E-state index in [1.807, 2.05) is 11.6 Å². The van der Waals surface area contributed by atoms with Crippen LogP contribution in [0.3, 0.4) is 0 Å². The highest BCUT2D eigenvalue weighted by molar-refractivity contribution is 7.09. The van der Waals surface area contributed by atoms with Crippen molar-refractivity contribution in [2.75, 3.05) is 0 Å². The van der Waals surface area contributed by atoms with Crippen molar-refractivity contribution in [1.29, 1.82) is 0 Å². The lowest BCUT2D eigenvalue weighted by Crippen LogP contribution is -1.99. The summed E-state index contributed by atoms with van der Waals surface area (Å²) in [6.45, 7) is 1.10. The van der Waals surface area contributed by atoms with Crippen LogP contribution in [0.1, 0.15) is 10.7 Å². The minimum atomic E-state index is 0.428. The van der Waals surface area contributed by atoms with E-state index in [-0.39, 0.29) is 0 Å². The molecule has 5 nitrogen and oxygen atoms in total. The van der Waals surface area contributed by atoms with Crippen molar-refractivity contribution in [2.24, 2.45) is 5.73 Å². The maximum Gasteiger partial charge on any atom is 0.114 e. The Bertz CT molecular complexity index is 366. The third-order valence-electron chi connectivity index (χ3n) is 1.58. The molecular formula is C7H9N5S. The molecule has 13 heavy (non-hydrogen) atoms. The average Bonchev–Trinajstić information content (AvgIpc) is 2.76. The van der Waals surface area contributed by atoms with Crippen LogP contribution in [-0.4, -0.2) is 20.0 Å². The molecule has 6 heteroatoms. The Labute approximate surface area is 79.2 Å². The quantitative estimate of drug-likeness (QED) is 0.761. The number of aromatic nitrogens is 4. The number of rotatable bonds is 3. The molecule has 68 valence electrons. The van der Waals surface area contributed by atoms with Crippen molar-refractivity contribution in [2.45, 2.75) is 13.1 Å². The van der Waals surface area contributed by atoms with Gasteiger partial charge in [0, 0.05) is 18.1 Å². The van der Waals surface area contributed by atoms with Crippen molar-refractivity contribution < 1.29 is 0 Å². The van der Waals surface area contributed by atoms with E-state index in [4.69, 9.17) is 5.73 Å². The van der Waals surface area contributed by atoms with Gasteiger partial charge in [-0.1, -0.05) is 5.21 Å². The van der Waals surface area contributed by atoms with E-state index in [1.165, 1.54) is 0 Å². The lowest BCUT2D eigenvalue weighted by Gasteiger charge is -1.93. The fraction of sp³-hybridized carbons (Fsp3) is 0.286. The molecule has 0 aliphatic carbocycles. The molecule has 2 aromatic heterocycles. The summed E-state index contributed by atoms with van der Waals surface area (Å²) in [7, 11) is 0. The molecule has 2 N–H and O–H groups in total. The van der Waals surface area contributed by atoms with Gasteiger partial charge in [0.15, 0.2) is 0 Å². The molecule has 0 radical (unpaired) electrons. The third-order valence-corrected chi connectivity index (χ3v) is 2.34. The van der Waals surface area contributed by atoms with Gasteiger partial charge in [-0.3, -0.25) is 0 Å². The zero-order chi connectivity index (χ0) is 9.10. The van der Waals surface area contributed by atoms with E-state index in [0.717, 1.165) is 10.7 Å². The molecule has 0 saturated heterocycles. The summed E-state index contributed by atoms with van der Waals surface area (Å²) in [4.78, 5) is 4.15. The summed E-state index contributed by atoms with van der Waals surface area (Å²) in [6, 6.07) is 0. The molecule has 0 aromatic carbocycles. The van der Waals surface area contributed by atoms with Gasteiger partial charge in [0.2, 0.25) is 0 Å². The summed E-state index contributed by atoms with van der Waals surface area (Å²) in [5.74, 6) is 0. The molecule has 0 saturated carbocycles. The van der Waals surface area contributed by atoms with Crippen LogP contribution in [0.2, 0.25) is 0 Å². The monoisotopic (exact) mass is 195 g/mol. The molecule has 0 unspecified atom stereocenters. The number of nitrogens with two attached hydrogens (primary N) is 1. The Morgan fingerprint density at radius 3 is 3.08 bits per heavy atom. The van der Waals surface area contributed by atoms with Crippen LogP contribution in [0.4, 0.5) is 0 Å². The molecule has 0 aliphatic heterocycles. The van der Waals surface area contributed by atoms with Gasteiger partial charge in [0.1, 0.15) is 5.01 Å². The first kappa shape index (κ1) is 8.33. The van der Waals surface area contributed by atoms with Crippen LogP contribution in [0.25, 0.3) is 0 Å². The van der Waals surface area contributed by atoms with Crippen molar-refractivity contribution >= 4 is 11.3 Å². The van der Waals surface area contributed by atoms with Crippen LogP contribution >= 0.6 is 11.3 Å². The first-order valence-corrected chi connectivity index (χ1v) is 4.74. The molecule has 2 aromatic rings. The molecule has 2 heterocycles. The standard InChI is InChI=1S/C7H9N5S/c8-3-6-4-12(11-10-6)5-7-9-1-2-13-7/h1-2,4H,3,5,8H2. The van der Waals surface area contributed by atoms with E-state index in [2.05, 4.69) is 15.3 Å². The topological polar surface area (TPSA) is 69.6 Å². The van der Waals surface area contributed by atoms with E-state index in [9.17, 15) is 0 Å². The van der Waals surface area contributed by atoms with Gasteiger partial charge in [-0.05, 0) is 0 Å². The molecule has 0 aliphatic rings. The smallest absolute Gasteiger partial charge is 0.114 e. The Hall–Kier alpha value is -1.27. The Balaban J connectivity index is 2.10. The van der Waals surface area contributed by atoms with Crippen molar-refractivity contribution in [1.82, 2.24) is 20.0 Å². The maximum absolute atomic E-state index is 5.41. The molecule has 0 bridgehead atoms. The number of nitrogens with zero attached hydrogens (tertiary/aromatic N) is 4. The van der Waals surface area contributed by atoms with E-state index >= 15 is 0 Å². The first-order valence-electron chi connectivity index (χ1n) is 3.86. The molecule has 0 spiro atoms. The fourth-order valence-electron chi connectivity index (χ4n) is 0.979. The van der Waals surface area contributed by atoms with Gasteiger partial charge in [-0.15, -0.1) is 16.4 Å². The highest BCUT2D eigenvalue weighted by atomic mass is 32.1. The van der Waals surface area contributed by atoms with E-state index < -0.39 is 0 Å². The lowest BCUT2D eigenvalue weighted by atomic mass is 10.5. The second-order valence-corrected chi connectivity index (χ2v) is 3.52. The van der Waals surface area contributed by atoms with Gasteiger partial charge in [-0.25, -0.2) is 9.67 Å². The highest BCUT2D eigenvalue weighted by Gasteiger charge is 2.00. The van der Waals surface area contributed by atoms with E-state index in [1.54, 1.807) is 22.2 Å². The zero-order valence-electron chi connectivity index (χ0n) is 6.92. The largest absolute Gasteiger partial charge is 0.325 e. The van der Waals surface area contributed by atoms with Gasteiger partial charge in [-0.2, -0.15) is 0 Å². The predicted octanol–water partition coefficient (Wildman–Crippen LogP) is 0.242. The molecule has 0 amide bonds. The lowest BCUT2D eigenvalue weighted by molar-refractivity contribution is 0.646. The molecule has 2 rings (SSSR count). The summed E-state index contributed by atoms with van der Waals surface area (Å²) in [5.41, 5.74) is 6.21. The summed E-state index contributed by atoms with van der Waals surface area (Å²) >= 11 is 1.60. The minimum absolute atomic E-state index is 0.428. The van der Waals surface area contributed by atoms with Crippen LogP contribution in [0, 0.1) is 0 Å². The number of hydrogen-bond donors (Lipinski definition) is 1. The zero-order valence-corrected chi connectivity index (χ0v) is 7.74. The average molecular weight is 195 g/mol. The normalized spacial score (nSPS) is 10.5. The second kappa shape index (κ2) is 3.63. The predicted molar refractivity (Wildman–Crippen MR) is 49.1 cm³/mol. The summed E-state index contributed by atoms with van der Waals surface area (Å²) in [5, 5.41) is 10.8. The highest BCUT2D eigenvalue weighted by Crippen LogP contribution is 2.05. The third kappa shape index (κ3) is 1.90. The van der Waals surface area contributed by atoms with E-state index in [0.29, 0.717) is 13.1 Å². The van der Waals surface area contributed by atoms with Crippen LogP contribution < -0.4 is 5.73 Å². The Kier molecular flexibility index (Phi) is 2.33. The molecule has 0 fully saturated rings. The SMILES string of the molecule is NCc1cn(Cc2nccs2)nn1. The van der Waals surface area contributed by atoms with Crippen LogP contribution in [0.5, 0.6) is 0 Å². The van der Waals surface area contributed by atoms with Crippen LogP contribution in [0.15, 0.2) is 17.8 Å². The first-order chi connectivity index (χ1) is 6.38. The van der Waals surface area contributed by atoms with Gasteiger partial charge in [0.25, 0.3) is 0 Å². The summed E-state index contributed by atoms with van der Waals surface area (Å²) < 4.78 is 1.74. The second-order valence-electron chi connectivity index (χ2n) is 2.54. The minimum Gasteiger partial charge on any atom is -0.325 e. The van der Waals surface area contributed by atoms with Gasteiger partial charge in [0.05, 0.1) is 18.4 Å². The van der Waals surface area contributed by atoms with Gasteiger partial charge >= 0.3 is 0 Å². The molecule has 0 atom stereocenters. The number of hydrogen-bond acceptors (Lipinski definition) is 5. The Morgan fingerprint density at radius 1 is 1.54 bits per heavy atom.